The number of fused-ring (bicyclic) bond motifs is 5. The summed E-state index contributed by atoms with van der Waals surface area (Å²) in [5, 5.41) is 7.65. The van der Waals surface area contributed by atoms with Crippen LogP contribution in [0.3, 0.4) is 0 Å². The maximum Gasteiger partial charge on any atom is 0.247 e. The van der Waals surface area contributed by atoms with Gasteiger partial charge in [0, 0.05) is 5.69 Å². The molecule has 3 aliphatic rings. The zero-order valence-electron chi connectivity index (χ0n) is 14.5. The highest BCUT2D eigenvalue weighted by atomic mass is 32.2. The Labute approximate surface area is 156 Å². The van der Waals surface area contributed by atoms with E-state index in [9.17, 15) is 22.8 Å². The molecule has 3 N–H and O–H groups in total. The van der Waals surface area contributed by atoms with Crippen molar-refractivity contribution >= 4 is 33.4 Å². The molecule has 4 rings (SSSR count). The second kappa shape index (κ2) is 6.00. The van der Waals surface area contributed by atoms with E-state index in [-0.39, 0.29) is 40.4 Å². The lowest BCUT2D eigenvalue weighted by Gasteiger charge is -2.23. The number of hydrogen-bond donors (Lipinski definition) is 2. The average Bonchev–Trinajstić information content (AvgIpc) is 3.28. The number of primary sulfonamides is 1. The number of carbonyl (C=O) groups is 3. The van der Waals surface area contributed by atoms with Crippen molar-refractivity contribution in [3.8, 4) is 0 Å². The van der Waals surface area contributed by atoms with Crippen LogP contribution in [0.5, 0.6) is 0 Å². The predicted molar refractivity (Wildman–Crippen MR) is 95.5 cm³/mol. The largest absolute Gasteiger partial charge is 0.324 e. The predicted octanol–water partition coefficient (Wildman–Crippen LogP) is 0.468. The standard InChI is InChI=1S/C18H19N3O5S/c1-9(16(22)20-12-4-6-13(7-5-12)27(19,25)26)21-17(23)14-10-2-3-11(8-10)15(14)18(21)24/h2-7,9-11,14-15H,8H2,1H3,(H,20,22)(H2,19,25,26)/t9-,10-,11-,14-,15-/m0/s1. The normalized spacial score (nSPS) is 29.9. The average molecular weight is 389 g/mol. The van der Waals surface area contributed by atoms with Gasteiger partial charge in [-0.25, -0.2) is 13.6 Å². The third kappa shape index (κ3) is 2.78. The highest BCUT2D eigenvalue weighted by molar-refractivity contribution is 7.89. The number of nitrogens with zero attached hydrogens (tertiary/aromatic N) is 1. The number of carbonyl (C=O) groups excluding carboxylic acids is 3. The molecule has 3 amide bonds. The van der Waals surface area contributed by atoms with Crippen LogP contribution >= 0.6 is 0 Å². The maximum absolute atomic E-state index is 12.8. The monoisotopic (exact) mass is 389 g/mol. The van der Waals surface area contributed by atoms with Gasteiger partial charge in [-0.05, 0) is 49.4 Å². The van der Waals surface area contributed by atoms with Gasteiger partial charge in [0.15, 0.2) is 0 Å². The number of sulfonamides is 1. The van der Waals surface area contributed by atoms with E-state index in [0.29, 0.717) is 5.69 Å². The number of likely N-dealkylation sites (tertiary alicyclic amines) is 1. The molecule has 5 atom stereocenters. The minimum Gasteiger partial charge on any atom is -0.324 e. The molecule has 0 unspecified atom stereocenters. The number of nitrogens with one attached hydrogen (secondary N) is 1. The van der Waals surface area contributed by atoms with Crippen molar-refractivity contribution in [1.82, 2.24) is 4.90 Å². The van der Waals surface area contributed by atoms with Crippen molar-refractivity contribution in [1.29, 1.82) is 0 Å². The minimum atomic E-state index is -3.82. The summed E-state index contributed by atoms with van der Waals surface area (Å²) >= 11 is 0. The molecule has 1 aromatic carbocycles. The van der Waals surface area contributed by atoms with Crippen LogP contribution in [0.1, 0.15) is 13.3 Å². The fraction of sp³-hybridized carbons (Fsp3) is 0.389. The highest BCUT2D eigenvalue weighted by Gasteiger charge is 2.60. The summed E-state index contributed by atoms with van der Waals surface area (Å²) in [6.45, 7) is 1.51. The third-order valence-corrected chi connectivity index (χ3v) is 6.65. The van der Waals surface area contributed by atoms with Crippen LogP contribution in [-0.4, -0.2) is 37.1 Å². The van der Waals surface area contributed by atoms with Crippen molar-refractivity contribution in [2.45, 2.75) is 24.3 Å². The molecule has 8 nitrogen and oxygen atoms in total. The lowest BCUT2D eigenvalue weighted by molar-refractivity contribution is -0.146. The molecule has 0 spiro atoms. The van der Waals surface area contributed by atoms with Crippen LogP contribution in [0, 0.1) is 23.7 Å². The third-order valence-electron chi connectivity index (χ3n) is 5.72. The van der Waals surface area contributed by atoms with Gasteiger partial charge in [-0.3, -0.25) is 19.3 Å². The van der Waals surface area contributed by atoms with Gasteiger partial charge < -0.3 is 5.32 Å². The molecule has 1 saturated heterocycles. The van der Waals surface area contributed by atoms with Gasteiger partial charge in [0.2, 0.25) is 27.7 Å². The topological polar surface area (TPSA) is 127 Å². The SMILES string of the molecule is C[C@@H](C(=O)Nc1ccc(S(N)(=O)=O)cc1)N1C(=O)[C@@H]2[C@@H](C1=O)[C@H]1C=C[C@H]2C1. The van der Waals surface area contributed by atoms with E-state index in [4.69, 9.17) is 5.14 Å². The van der Waals surface area contributed by atoms with Gasteiger partial charge >= 0.3 is 0 Å². The van der Waals surface area contributed by atoms with Crippen LogP contribution in [0.2, 0.25) is 0 Å². The summed E-state index contributed by atoms with van der Waals surface area (Å²) in [6, 6.07) is 4.40. The first-order valence-corrected chi connectivity index (χ1v) is 10.2. The summed E-state index contributed by atoms with van der Waals surface area (Å²) in [5.41, 5.74) is 0.347. The number of imide groups is 1. The van der Waals surface area contributed by atoms with Crippen molar-refractivity contribution < 1.29 is 22.8 Å². The van der Waals surface area contributed by atoms with Crippen LogP contribution in [0.25, 0.3) is 0 Å². The molecule has 2 bridgehead atoms. The lowest BCUT2D eigenvalue weighted by atomic mass is 9.85. The molecule has 1 aliphatic heterocycles. The van der Waals surface area contributed by atoms with E-state index in [1.54, 1.807) is 0 Å². The Bertz CT molecular complexity index is 939. The number of benzene rings is 1. The van der Waals surface area contributed by atoms with Crippen LogP contribution in [0.15, 0.2) is 41.3 Å². The number of rotatable bonds is 4. The van der Waals surface area contributed by atoms with Gasteiger partial charge in [-0.15, -0.1) is 0 Å². The zero-order valence-corrected chi connectivity index (χ0v) is 15.3. The molecule has 2 fully saturated rings. The maximum atomic E-state index is 12.8. The Morgan fingerprint density at radius 3 is 2.11 bits per heavy atom. The molecular weight excluding hydrogens is 370 g/mol. The van der Waals surface area contributed by atoms with E-state index < -0.39 is 22.0 Å². The van der Waals surface area contributed by atoms with Gasteiger partial charge in [0.25, 0.3) is 0 Å². The number of anilines is 1. The summed E-state index contributed by atoms with van der Waals surface area (Å²) in [4.78, 5) is 39.1. The summed E-state index contributed by atoms with van der Waals surface area (Å²) < 4.78 is 22.6. The minimum absolute atomic E-state index is 0.0748. The molecule has 1 saturated carbocycles. The van der Waals surface area contributed by atoms with Crippen molar-refractivity contribution in [2.75, 3.05) is 5.32 Å². The molecule has 27 heavy (non-hydrogen) atoms. The quantitative estimate of drug-likeness (QED) is 0.572. The van der Waals surface area contributed by atoms with Crippen LogP contribution < -0.4 is 10.5 Å². The van der Waals surface area contributed by atoms with E-state index in [0.717, 1.165) is 11.3 Å². The summed E-state index contributed by atoms with van der Waals surface area (Å²) in [5.74, 6) is -1.61. The van der Waals surface area contributed by atoms with Crippen LogP contribution in [0.4, 0.5) is 5.69 Å². The smallest absolute Gasteiger partial charge is 0.247 e. The van der Waals surface area contributed by atoms with Crippen molar-refractivity contribution in [2.24, 2.45) is 28.8 Å². The molecule has 1 heterocycles. The van der Waals surface area contributed by atoms with Gasteiger partial charge in [0.05, 0.1) is 16.7 Å². The molecule has 0 aromatic heterocycles. The number of allylic oxidation sites excluding steroid dienone is 2. The second-order valence-corrected chi connectivity index (χ2v) is 8.84. The molecule has 1 aromatic rings. The Morgan fingerprint density at radius 2 is 1.63 bits per heavy atom. The number of hydrogen-bond acceptors (Lipinski definition) is 5. The number of amides is 3. The first-order chi connectivity index (χ1) is 12.7. The van der Waals surface area contributed by atoms with E-state index in [1.165, 1.54) is 31.2 Å². The Morgan fingerprint density at radius 1 is 1.11 bits per heavy atom. The van der Waals surface area contributed by atoms with Crippen molar-refractivity contribution in [3.63, 3.8) is 0 Å². The molecule has 142 valence electrons. The fourth-order valence-corrected chi connectivity index (χ4v) is 4.91. The zero-order chi connectivity index (χ0) is 19.5. The first kappa shape index (κ1) is 17.9. The van der Waals surface area contributed by atoms with Gasteiger partial charge in [0.1, 0.15) is 6.04 Å². The number of nitrogens with two attached hydrogens (primary N) is 1. The van der Waals surface area contributed by atoms with Crippen molar-refractivity contribution in [3.05, 3.63) is 36.4 Å². The summed E-state index contributed by atoms with van der Waals surface area (Å²) in [6.07, 6.45) is 4.83. The van der Waals surface area contributed by atoms with E-state index >= 15 is 0 Å². The molecule has 2 aliphatic carbocycles. The molecular formula is C18H19N3O5S. The Kier molecular flexibility index (Phi) is 3.97. The second-order valence-electron chi connectivity index (χ2n) is 7.28. The highest BCUT2D eigenvalue weighted by Crippen LogP contribution is 2.52. The lowest BCUT2D eigenvalue weighted by Crippen LogP contribution is -2.46. The Balaban J connectivity index is 1.48. The summed E-state index contributed by atoms with van der Waals surface area (Å²) in [7, 11) is -3.82. The molecule has 9 heteroatoms. The van der Waals surface area contributed by atoms with E-state index in [1.807, 2.05) is 12.2 Å². The van der Waals surface area contributed by atoms with Gasteiger partial charge in [-0.2, -0.15) is 0 Å². The molecule has 0 radical (unpaired) electrons. The van der Waals surface area contributed by atoms with Crippen LogP contribution in [-0.2, 0) is 24.4 Å². The Hall–Kier alpha value is -2.52. The van der Waals surface area contributed by atoms with Gasteiger partial charge in [-0.1, -0.05) is 12.2 Å². The fourth-order valence-electron chi connectivity index (χ4n) is 4.40. The first-order valence-electron chi connectivity index (χ1n) is 8.67. The van der Waals surface area contributed by atoms with E-state index in [2.05, 4.69) is 5.32 Å².